The standard InChI is InChI=1S/C26H20N4O4/c27-25(32)24-18-11-5-6-12-19(18)26(33)30(29-24)15-22(31)28-23(16-8-2-1-3-9-16)21-14-17-10-4-7-13-20(17)34-21/h1-14,23H,15H2,(H2,27,32)(H,28,31). The zero-order valence-corrected chi connectivity index (χ0v) is 18.0. The lowest BCUT2D eigenvalue weighted by molar-refractivity contribution is -0.122. The van der Waals surface area contributed by atoms with E-state index in [2.05, 4.69) is 10.4 Å². The summed E-state index contributed by atoms with van der Waals surface area (Å²) >= 11 is 0. The number of benzene rings is 3. The molecule has 1 unspecified atom stereocenters. The number of nitrogens with two attached hydrogens (primary N) is 1. The first-order valence-electron chi connectivity index (χ1n) is 10.6. The van der Waals surface area contributed by atoms with Crippen LogP contribution in [0.1, 0.15) is 27.9 Å². The van der Waals surface area contributed by atoms with Crippen LogP contribution in [0.3, 0.4) is 0 Å². The minimum Gasteiger partial charge on any atom is -0.459 e. The molecule has 0 fully saturated rings. The molecule has 2 heterocycles. The molecule has 168 valence electrons. The molecule has 8 heteroatoms. The number of primary amides is 1. The summed E-state index contributed by atoms with van der Waals surface area (Å²) in [5.41, 5.74) is 6.42. The molecule has 8 nitrogen and oxygen atoms in total. The van der Waals surface area contributed by atoms with Gasteiger partial charge in [0.2, 0.25) is 5.91 Å². The summed E-state index contributed by atoms with van der Waals surface area (Å²) in [5, 5.41) is 8.52. The van der Waals surface area contributed by atoms with Crippen LogP contribution in [0.4, 0.5) is 0 Å². The molecule has 3 aromatic carbocycles. The predicted octanol–water partition coefficient (Wildman–Crippen LogP) is 3.15. The van der Waals surface area contributed by atoms with E-state index in [0.717, 1.165) is 15.6 Å². The van der Waals surface area contributed by atoms with Gasteiger partial charge in [0.05, 0.1) is 5.39 Å². The van der Waals surface area contributed by atoms with Crippen LogP contribution in [0.5, 0.6) is 0 Å². The van der Waals surface area contributed by atoms with Gasteiger partial charge < -0.3 is 15.5 Å². The lowest BCUT2D eigenvalue weighted by atomic mass is 10.0. The van der Waals surface area contributed by atoms with Gasteiger partial charge in [-0.05, 0) is 23.8 Å². The summed E-state index contributed by atoms with van der Waals surface area (Å²) in [6, 6.07) is 24.7. The SMILES string of the molecule is NC(=O)c1nn(CC(=O)NC(c2ccccc2)c2cc3ccccc3o2)c(=O)c2ccccc12. The molecule has 0 saturated heterocycles. The third-order valence-corrected chi connectivity index (χ3v) is 5.56. The van der Waals surface area contributed by atoms with Crippen LogP contribution in [-0.2, 0) is 11.3 Å². The third kappa shape index (κ3) is 3.93. The van der Waals surface area contributed by atoms with Gasteiger partial charge >= 0.3 is 0 Å². The highest BCUT2D eigenvalue weighted by atomic mass is 16.3. The van der Waals surface area contributed by atoms with Crippen molar-refractivity contribution in [3.8, 4) is 0 Å². The fraction of sp³-hybridized carbons (Fsp3) is 0.0769. The smallest absolute Gasteiger partial charge is 0.275 e. The van der Waals surface area contributed by atoms with Crippen molar-refractivity contribution in [3.63, 3.8) is 0 Å². The summed E-state index contributed by atoms with van der Waals surface area (Å²) in [4.78, 5) is 37.9. The maximum Gasteiger partial charge on any atom is 0.275 e. The average molecular weight is 452 g/mol. The molecule has 1 atom stereocenters. The molecule has 2 amide bonds. The number of hydrogen-bond donors (Lipinski definition) is 2. The number of nitrogens with zero attached hydrogens (tertiary/aromatic N) is 2. The number of para-hydroxylation sites is 1. The Balaban J connectivity index is 1.50. The van der Waals surface area contributed by atoms with E-state index in [1.54, 1.807) is 24.3 Å². The van der Waals surface area contributed by atoms with Crippen LogP contribution in [0, 0.1) is 0 Å². The summed E-state index contributed by atoms with van der Waals surface area (Å²) in [6.07, 6.45) is 0. The van der Waals surface area contributed by atoms with Crippen molar-refractivity contribution < 1.29 is 14.0 Å². The number of fused-ring (bicyclic) bond motifs is 2. The van der Waals surface area contributed by atoms with E-state index in [4.69, 9.17) is 10.2 Å². The maximum atomic E-state index is 13.1. The molecule has 0 radical (unpaired) electrons. The molecular weight excluding hydrogens is 432 g/mol. The molecule has 5 rings (SSSR count). The molecule has 0 bridgehead atoms. The molecule has 5 aromatic rings. The summed E-state index contributed by atoms with van der Waals surface area (Å²) < 4.78 is 6.96. The van der Waals surface area contributed by atoms with Gasteiger partial charge in [0.25, 0.3) is 11.5 Å². The number of carbonyl (C=O) groups excluding carboxylic acids is 2. The third-order valence-electron chi connectivity index (χ3n) is 5.56. The average Bonchev–Trinajstić information content (AvgIpc) is 3.28. The number of furan rings is 1. The van der Waals surface area contributed by atoms with Crippen LogP contribution >= 0.6 is 0 Å². The van der Waals surface area contributed by atoms with Gasteiger partial charge in [-0.3, -0.25) is 14.4 Å². The van der Waals surface area contributed by atoms with Gasteiger partial charge in [0.1, 0.15) is 23.9 Å². The van der Waals surface area contributed by atoms with Gasteiger partial charge in [0.15, 0.2) is 5.69 Å². The zero-order chi connectivity index (χ0) is 23.7. The van der Waals surface area contributed by atoms with E-state index >= 15 is 0 Å². The highest BCUT2D eigenvalue weighted by molar-refractivity contribution is 6.04. The molecule has 0 aliphatic heterocycles. The van der Waals surface area contributed by atoms with Crippen molar-refractivity contribution in [2.45, 2.75) is 12.6 Å². The molecule has 3 N–H and O–H groups in total. The fourth-order valence-corrected chi connectivity index (χ4v) is 3.98. The van der Waals surface area contributed by atoms with Crippen LogP contribution in [0.25, 0.3) is 21.7 Å². The molecule has 0 spiro atoms. The van der Waals surface area contributed by atoms with Gasteiger partial charge in [-0.15, -0.1) is 0 Å². The van der Waals surface area contributed by atoms with E-state index in [1.807, 2.05) is 60.7 Å². The van der Waals surface area contributed by atoms with Crippen molar-refractivity contribution in [2.24, 2.45) is 5.73 Å². The van der Waals surface area contributed by atoms with Gasteiger partial charge in [-0.2, -0.15) is 5.10 Å². The van der Waals surface area contributed by atoms with E-state index in [9.17, 15) is 14.4 Å². The van der Waals surface area contributed by atoms with Gasteiger partial charge in [0, 0.05) is 10.8 Å². The molecule has 34 heavy (non-hydrogen) atoms. The second-order valence-corrected chi connectivity index (χ2v) is 7.82. The lowest BCUT2D eigenvalue weighted by Crippen LogP contribution is -2.37. The Bertz CT molecular complexity index is 1550. The second-order valence-electron chi connectivity index (χ2n) is 7.82. The Labute approximate surface area is 193 Å². The molecule has 2 aromatic heterocycles. The first-order valence-corrected chi connectivity index (χ1v) is 10.6. The lowest BCUT2D eigenvalue weighted by Gasteiger charge is -2.18. The Hall–Kier alpha value is -4.72. The van der Waals surface area contributed by atoms with E-state index in [1.165, 1.54) is 0 Å². The molecule has 0 aliphatic carbocycles. The van der Waals surface area contributed by atoms with E-state index in [0.29, 0.717) is 16.7 Å². The largest absolute Gasteiger partial charge is 0.459 e. The number of carbonyl (C=O) groups is 2. The molecule has 0 saturated carbocycles. The Morgan fingerprint density at radius 2 is 1.62 bits per heavy atom. The van der Waals surface area contributed by atoms with Crippen molar-refractivity contribution in [1.82, 2.24) is 15.1 Å². The highest BCUT2D eigenvalue weighted by Crippen LogP contribution is 2.28. The molecule has 0 aliphatic rings. The van der Waals surface area contributed by atoms with Crippen LogP contribution in [0.15, 0.2) is 94.1 Å². The first kappa shape index (κ1) is 21.1. The Morgan fingerprint density at radius 1 is 0.941 bits per heavy atom. The Kier molecular flexibility index (Phi) is 5.39. The van der Waals surface area contributed by atoms with Crippen LogP contribution in [0.2, 0.25) is 0 Å². The quantitative estimate of drug-likeness (QED) is 0.410. The Morgan fingerprint density at radius 3 is 2.35 bits per heavy atom. The number of hydrogen-bond acceptors (Lipinski definition) is 5. The number of nitrogens with one attached hydrogen (secondary N) is 1. The van der Waals surface area contributed by atoms with Crippen molar-refractivity contribution >= 4 is 33.6 Å². The monoisotopic (exact) mass is 452 g/mol. The van der Waals surface area contributed by atoms with Gasteiger partial charge in [-0.25, -0.2) is 4.68 Å². The van der Waals surface area contributed by atoms with Crippen LogP contribution in [-0.4, -0.2) is 21.6 Å². The zero-order valence-electron chi connectivity index (χ0n) is 18.0. The van der Waals surface area contributed by atoms with Crippen molar-refractivity contribution in [2.75, 3.05) is 0 Å². The summed E-state index contributed by atoms with van der Waals surface area (Å²) in [5.74, 6) is -0.707. The maximum absolute atomic E-state index is 13.1. The van der Waals surface area contributed by atoms with Crippen molar-refractivity contribution in [3.05, 3.63) is 112 Å². The number of rotatable bonds is 6. The topological polar surface area (TPSA) is 120 Å². The fourth-order valence-electron chi connectivity index (χ4n) is 3.98. The summed E-state index contributed by atoms with van der Waals surface area (Å²) in [6.45, 7) is -0.395. The predicted molar refractivity (Wildman–Crippen MR) is 127 cm³/mol. The van der Waals surface area contributed by atoms with Crippen LogP contribution < -0.4 is 16.6 Å². The van der Waals surface area contributed by atoms with E-state index < -0.39 is 30.0 Å². The minimum atomic E-state index is -0.783. The second kappa shape index (κ2) is 8.67. The number of amides is 2. The van der Waals surface area contributed by atoms with E-state index in [-0.39, 0.29) is 11.1 Å². The first-order chi connectivity index (χ1) is 16.5. The highest BCUT2D eigenvalue weighted by Gasteiger charge is 2.22. The van der Waals surface area contributed by atoms with Crippen molar-refractivity contribution in [1.29, 1.82) is 0 Å². The molecular formula is C26H20N4O4. The normalized spacial score (nSPS) is 12.0. The summed E-state index contributed by atoms with van der Waals surface area (Å²) in [7, 11) is 0. The minimum absolute atomic E-state index is 0.0695. The number of aromatic nitrogens is 2. The van der Waals surface area contributed by atoms with Gasteiger partial charge in [-0.1, -0.05) is 66.7 Å².